The molecule has 3 unspecified atom stereocenters. The summed E-state index contributed by atoms with van der Waals surface area (Å²) in [5.74, 6) is -2.08. The van der Waals surface area contributed by atoms with E-state index in [0.29, 0.717) is 62.9 Å². The van der Waals surface area contributed by atoms with E-state index in [9.17, 15) is 20.1 Å². The largest absolute Gasteiger partial charge is 0.390 e. The number of fused-ring (bicyclic) bond motifs is 1. The highest BCUT2D eigenvalue weighted by molar-refractivity contribution is 5.76. The molecule has 7 aliphatic heterocycles. The quantitative estimate of drug-likeness (QED) is 0.240. The zero-order chi connectivity index (χ0) is 38.4. The van der Waals surface area contributed by atoms with Crippen LogP contribution in [0.5, 0.6) is 0 Å². The Morgan fingerprint density at radius 3 is 2.52 bits per heavy atom. The van der Waals surface area contributed by atoms with Crippen LogP contribution in [0.2, 0.25) is 0 Å². The molecule has 11 heteroatoms. The van der Waals surface area contributed by atoms with Gasteiger partial charge in [-0.25, -0.2) is 0 Å². The third kappa shape index (κ3) is 8.52. The van der Waals surface area contributed by atoms with Crippen LogP contribution >= 0.6 is 0 Å². The van der Waals surface area contributed by atoms with Crippen LogP contribution in [0.3, 0.4) is 0 Å². The summed E-state index contributed by atoms with van der Waals surface area (Å²) in [4.78, 5) is 11.8. The van der Waals surface area contributed by atoms with Gasteiger partial charge < -0.3 is 48.5 Å². The first-order valence-corrected chi connectivity index (χ1v) is 21.0. The zero-order valence-corrected chi connectivity index (χ0v) is 33.2. The Morgan fingerprint density at radius 1 is 0.981 bits per heavy atom. The van der Waals surface area contributed by atoms with E-state index in [4.69, 9.17) is 33.2 Å². The predicted octanol–water partition coefficient (Wildman–Crippen LogP) is 5.97. The number of aliphatic hydroxyl groups is 3. The van der Waals surface area contributed by atoms with Gasteiger partial charge in [-0.15, -0.1) is 0 Å². The number of hydrogen-bond acceptors (Lipinski definition) is 11. The Labute approximate surface area is 321 Å². The average Bonchev–Trinajstić information content (AvgIpc) is 3.53. The smallest absolute Gasteiger partial charge is 0.215 e. The maximum absolute atomic E-state index is 11.8. The van der Waals surface area contributed by atoms with Gasteiger partial charge in [-0.2, -0.15) is 0 Å². The maximum atomic E-state index is 11.8. The van der Waals surface area contributed by atoms with Crippen molar-refractivity contribution in [1.82, 2.24) is 0 Å². The van der Waals surface area contributed by atoms with Crippen molar-refractivity contribution in [2.24, 2.45) is 17.8 Å². The minimum absolute atomic E-state index is 0.00359. The van der Waals surface area contributed by atoms with Gasteiger partial charge >= 0.3 is 0 Å². The van der Waals surface area contributed by atoms with Crippen LogP contribution in [0.25, 0.3) is 0 Å². The van der Waals surface area contributed by atoms with Crippen LogP contribution in [0.15, 0.2) is 36.0 Å². The molecule has 3 N–H and O–H groups in total. The fraction of sp³-hybridized carbons (Fsp3) is 0.837. The molecule has 0 aromatic heterocycles. The number of carbonyl (C=O) groups is 1. The second-order valence-electron chi connectivity index (χ2n) is 18.0. The Bertz CT molecular complexity index is 1410. The van der Waals surface area contributed by atoms with Crippen LogP contribution in [-0.4, -0.2) is 106 Å². The second kappa shape index (κ2) is 16.4. The Kier molecular flexibility index (Phi) is 12.3. The third-order valence-corrected chi connectivity index (χ3v) is 13.4. The lowest BCUT2D eigenvalue weighted by molar-refractivity contribution is -0.320. The van der Waals surface area contributed by atoms with Crippen molar-refractivity contribution >= 4 is 5.78 Å². The molecule has 6 saturated heterocycles. The molecular formula is C43H66O11. The van der Waals surface area contributed by atoms with Gasteiger partial charge in [0.2, 0.25) is 5.79 Å². The van der Waals surface area contributed by atoms with Gasteiger partial charge in [-0.1, -0.05) is 45.1 Å². The lowest BCUT2D eigenvalue weighted by Crippen LogP contribution is -2.60. The van der Waals surface area contributed by atoms with Crippen molar-refractivity contribution in [1.29, 1.82) is 0 Å². The number of carbonyl (C=O) groups excluding carboxylic acids is 1. The summed E-state index contributed by atoms with van der Waals surface area (Å²) in [7, 11) is 0. The van der Waals surface area contributed by atoms with E-state index < -0.39 is 47.9 Å². The van der Waals surface area contributed by atoms with Gasteiger partial charge in [0.1, 0.15) is 30.2 Å². The standard InChI is InChI=1S/C43H66O11/c1-25-21-35(52-43(24-25)36(46)12-11-32(51-43)23-29(5)44)26(2)9-10-31-14-18-42(50-31)19-15-34-40(54-42)37(47)30(6)39(49-34)33(45)22-28(4)38-27(3)13-17-41(53-38)16-7-8-20-48-41/h9-10,24,26-28,31-40,45-47H,6-8,11-23H2,1-5H3/b10-9+/t26-,27-,28+,31-,32+,33+,34?,35+,36-,37-,38?,39+,40?,41+,42+,43-/m1/s1. The lowest BCUT2D eigenvalue weighted by atomic mass is 9.79. The van der Waals surface area contributed by atoms with Crippen molar-refractivity contribution in [2.75, 3.05) is 6.61 Å². The highest BCUT2D eigenvalue weighted by atomic mass is 16.7. The van der Waals surface area contributed by atoms with Crippen molar-refractivity contribution < 1.29 is 53.3 Å². The number of ketones is 1. The van der Waals surface area contributed by atoms with E-state index in [1.54, 1.807) is 6.92 Å². The third-order valence-electron chi connectivity index (χ3n) is 13.4. The topological polar surface area (TPSA) is 142 Å². The first-order chi connectivity index (χ1) is 25.7. The number of hydrogen-bond donors (Lipinski definition) is 3. The first kappa shape index (κ1) is 40.7. The van der Waals surface area contributed by atoms with E-state index in [2.05, 4.69) is 39.5 Å². The lowest BCUT2D eigenvalue weighted by Gasteiger charge is -2.50. The van der Waals surface area contributed by atoms with Crippen LogP contribution in [0.4, 0.5) is 0 Å². The van der Waals surface area contributed by atoms with E-state index in [0.717, 1.165) is 50.7 Å². The van der Waals surface area contributed by atoms with E-state index in [-0.39, 0.29) is 48.1 Å². The molecule has 304 valence electrons. The Morgan fingerprint density at radius 2 is 1.76 bits per heavy atom. The van der Waals surface area contributed by atoms with Crippen LogP contribution in [-0.2, 0) is 38.0 Å². The van der Waals surface area contributed by atoms with Crippen molar-refractivity contribution in [3.63, 3.8) is 0 Å². The van der Waals surface area contributed by atoms with Crippen LogP contribution in [0, 0.1) is 17.8 Å². The Balaban J connectivity index is 0.921. The Hall–Kier alpha value is -1.51. The minimum atomic E-state index is -1.25. The summed E-state index contributed by atoms with van der Waals surface area (Å²) in [6, 6.07) is 0. The fourth-order valence-electron chi connectivity index (χ4n) is 10.3. The van der Waals surface area contributed by atoms with Gasteiger partial charge in [0.05, 0.1) is 43.2 Å². The molecule has 16 atom stereocenters. The molecule has 6 fully saturated rings. The molecule has 0 radical (unpaired) electrons. The normalized spacial score (nSPS) is 46.1. The molecule has 0 bridgehead atoms. The fourth-order valence-corrected chi connectivity index (χ4v) is 10.3. The molecule has 0 aliphatic carbocycles. The summed E-state index contributed by atoms with van der Waals surface area (Å²) >= 11 is 0. The zero-order valence-electron chi connectivity index (χ0n) is 33.2. The maximum Gasteiger partial charge on any atom is 0.215 e. The second-order valence-corrected chi connectivity index (χ2v) is 18.0. The molecule has 54 heavy (non-hydrogen) atoms. The first-order valence-electron chi connectivity index (χ1n) is 21.0. The van der Waals surface area contributed by atoms with Gasteiger partial charge in [-0.05, 0) is 95.1 Å². The summed E-state index contributed by atoms with van der Waals surface area (Å²) < 4.78 is 45.3. The van der Waals surface area contributed by atoms with Crippen molar-refractivity contribution in [2.45, 2.75) is 203 Å². The number of aliphatic hydroxyl groups excluding tert-OH is 3. The summed E-state index contributed by atoms with van der Waals surface area (Å²) in [6.45, 7) is 15.0. The molecule has 7 aliphatic rings. The molecule has 11 nitrogen and oxygen atoms in total. The average molecular weight is 759 g/mol. The van der Waals surface area contributed by atoms with E-state index in [1.807, 2.05) is 13.0 Å². The van der Waals surface area contributed by atoms with Gasteiger partial charge in [0, 0.05) is 38.0 Å². The molecule has 3 spiro atoms. The van der Waals surface area contributed by atoms with E-state index in [1.165, 1.54) is 0 Å². The monoisotopic (exact) mass is 758 g/mol. The summed E-state index contributed by atoms with van der Waals surface area (Å²) in [5, 5.41) is 34.1. The van der Waals surface area contributed by atoms with Crippen molar-refractivity contribution in [3.8, 4) is 0 Å². The summed E-state index contributed by atoms with van der Waals surface area (Å²) in [5.41, 5.74) is 1.53. The SMILES string of the molecule is C=C1[C@@H](O)C2O[C@]3(CCC2O[C@@H]1[C@@H](O)C[C@H](C)C1O[C@@]2(CCCCO2)CC[C@H]1C)CC[C@@H](/C=C/[C@@H](C)[C@@H]1CC(C)=C[C@@]2(O[C@H](CC(C)=O)CC[C@H]2O)O1)O3. The predicted molar refractivity (Wildman–Crippen MR) is 200 cm³/mol. The number of Topliss-reactive ketones (excluding diaryl/α,β-unsaturated/α-hetero) is 1. The molecule has 0 saturated carbocycles. The molecule has 0 aromatic rings. The minimum Gasteiger partial charge on any atom is -0.390 e. The number of rotatable bonds is 9. The van der Waals surface area contributed by atoms with Crippen LogP contribution in [0.1, 0.15) is 125 Å². The van der Waals surface area contributed by atoms with Gasteiger partial charge in [0.25, 0.3) is 0 Å². The van der Waals surface area contributed by atoms with Crippen molar-refractivity contribution in [3.05, 3.63) is 36.0 Å². The summed E-state index contributed by atoms with van der Waals surface area (Å²) in [6.07, 6.45) is 11.5. The number of ether oxygens (including phenoxy) is 7. The highest BCUT2D eigenvalue weighted by Crippen LogP contribution is 2.47. The van der Waals surface area contributed by atoms with Gasteiger partial charge in [0.15, 0.2) is 11.6 Å². The highest BCUT2D eigenvalue weighted by Gasteiger charge is 2.54. The molecule has 0 amide bonds. The molecule has 7 rings (SSSR count). The van der Waals surface area contributed by atoms with E-state index >= 15 is 0 Å². The van der Waals surface area contributed by atoms with Crippen LogP contribution < -0.4 is 0 Å². The molecule has 7 heterocycles. The molecular weight excluding hydrogens is 692 g/mol. The van der Waals surface area contributed by atoms with Gasteiger partial charge in [-0.3, -0.25) is 4.79 Å². The molecule has 0 aromatic carbocycles.